The van der Waals surface area contributed by atoms with Crippen molar-refractivity contribution in [2.45, 2.75) is 17.9 Å². The van der Waals surface area contributed by atoms with Crippen LogP contribution >= 0.6 is 0 Å². The Morgan fingerprint density at radius 3 is 2.06 bits per heavy atom. The standard InChI is InChI=1S/C25H28N2O7S/c1-17(18-5-14-23(32-3)24(15-18)33-4)26-25(28)16-34-21-10-12-22(13-11-21)35(29,30)27-19-6-8-20(31-2)9-7-19/h5-15,17,27H,16H2,1-4H3,(H,26,28)/t17-/m0/s1. The Bertz CT molecular complexity index is 1240. The van der Waals surface area contributed by atoms with Crippen molar-refractivity contribution in [1.29, 1.82) is 0 Å². The zero-order valence-corrected chi connectivity index (χ0v) is 20.7. The molecule has 1 atom stereocenters. The van der Waals surface area contributed by atoms with Gasteiger partial charge in [-0.1, -0.05) is 6.07 Å². The van der Waals surface area contributed by atoms with Gasteiger partial charge in [0.1, 0.15) is 11.5 Å². The highest BCUT2D eigenvalue weighted by Crippen LogP contribution is 2.30. The Morgan fingerprint density at radius 1 is 0.829 bits per heavy atom. The topological polar surface area (TPSA) is 112 Å². The molecule has 0 bridgehead atoms. The number of ether oxygens (including phenoxy) is 4. The lowest BCUT2D eigenvalue weighted by Crippen LogP contribution is -2.31. The molecule has 0 aliphatic carbocycles. The molecule has 0 radical (unpaired) electrons. The van der Waals surface area contributed by atoms with E-state index in [2.05, 4.69) is 10.0 Å². The van der Waals surface area contributed by atoms with Crippen LogP contribution in [0.4, 0.5) is 5.69 Å². The molecule has 3 rings (SSSR count). The van der Waals surface area contributed by atoms with Crippen LogP contribution in [0.5, 0.6) is 23.0 Å². The smallest absolute Gasteiger partial charge is 0.261 e. The lowest BCUT2D eigenvalue weighted by molar-refractivity contribution is -0.123. The minimum atomic E-state index is -3.78. The quantitative estimate of drug-likeness (QED) is 0.412. The monoisotopic (exact) mass is 500 g/mol. The summed E-state index contributed by atoms with van der Waals surface area (Å²) < 4.78 is 48.8. The van der Waals surface area contributed by atoms with Gasteiger partial charge in [0.15, 0.2) is 18.1 Å². The molecule has 0 unspecified atom stereocenters. The minimum Gasteiger partial charge on any atom is -0.497 e. The molecule has 0 saturated carbocycles. The van der Waals surface area contributed by atoms with E-state index in [0.717, 1.165) is 5.56 Å². The second-order valence-corrected chi connectivity index (χ2v) is 9.18. The summed E-state index contributed by atoms with van der Waals surface area (Å²) in [6.07, 6.45) is 0. The molecule has 0 spiro atoms. The summed E-state index contributed by atoms with van der Waals surface area (Å²) in [7, 11) is 0.851. The van der Waals surface area contributed by atoms with E-state index in [0.29, 0.717) is 28.7 Å². The number of amides is 1. The maximum absolute atomic E-state index is 12.6. The molecule has 1 amide bonds. The molecule has 10 heteroatoms. The molecule has 35 heavy (non-hydrogen) atoms. The number of rotatable bonds is 11. The van der Waals surface area contributed by atoms with Gasteiger partial charge in [0.2, 0.25) is 0 Å². The summed E-state index contributed by atoms with van der Waals surface area (Å²) in [6, 6.07) is 17.4. The third-order valence-electron chi connectivity index (χ3n) is 5.13. The first kappa shape index (κ1) is 25.7. The fraction of sp³-hybridized carbons (Fsp3) is 0.240. The van der Waals surface area contributed by atoms with Crippen molar-refractivity contribution in [3.8, 4) is 23.0 Å². The van der Waals surface area contributed by atoms with E-state index in [-0.39, 0.29) is 23.5 Å². The molecular formula is C25H28N2O7S. The average molecular weight is 501 g/mol. The first-order valence-electron chi connectivity index (χ1n) is 10.7. The van der Waals surface area contributed by atoms with Gasteiger partial charge in [-0.15, -0.1) is 0 Å². The van der Waals surface area contributed by atoms with Gasteiger partial charge in [0, 0.05) is 5.69 Å². The summed E-state index contributed by atoms with van der Waals surface area (Å²) in [5.74, 6) is 1.82. The van der Waals surface area contributed by atoms with Crippen molar-refractivity contribution < 1.29 is 32.2 Å². The number of hydrogen-bond donors (Lipinski definition) is 2. The molecular weight excluding hydrogens is 472 g/mol. The number of nitrogens with one attached hydrogen (secondary N) is 2. The van der Waals surface area contributed by atoms with Gasteiger partial charge in [-0.25, -0.2) is 8.42 Å². The van der Waals surface area contributed by atoms with Crippen molar-refractivity contribution >= 4 is 21.6 Å². The largest absolute Gasteiger partial charge is 0.497 e. The predicted molar refractivity (Wildman–Crippen MR) is 132 cm³/mol. The van der Waals surface area contributed by atoms with E-state index >= 15 is 0 Å². The molecule has 9 nitrogen and oxygen atoms in total. The van der Waals surface area contributed by atoms with Gasteiger partial charge in [0.05, 0.1) is 32.3 Å². The number of benzene rings is 3. The van der Waals surface area contributed by atoms with Crippen LogP contribution in [0.3, 0.4) is 0 Å². The Hall–Kier alpha value is -3.92. The fourth-order valence-electron chi connectivity index (χ4n) is 3.23. The molecule has 3 aromatic carbocycles. The van der Waals surface area contributed by atoms with E-state index in [1.54, 1.807) is 50.6 Å². The first-order chi connectivity index (χ1) is 16.7. The van der Waals surface area contributed by atoms with Crippen LogP contribution in [0, 0.1) is 0 Å². The van der Waals surface area contributed by atoms with Crippen LogP contribution in [-0.2, 0) is 14.8 Å². The SMILES string of the molecule is COc1ccc(NS(=O)(=O)c2ccc(OCC(=O)N[C@@H](C)c3ccc(OC)c(OC)c3)cc2)cc1. The summed E-state index contributed by atoms with van der Waals surface area (Å²) in [5, 5.41) is 2.85. The minimum absolute atomic E-state index is 0.0622. The van der Waals surface area contributed by atoms with Crippen LogP contribution in [0.2, 0.25) is 0 Å². The molecule has 186 valence electrons. The number of hydrogen-bond acceptors (Lipinski definition) is 7. The van der Waals surface area contributed by atoms with Gasteiger partial charge in [-0.3, -0.25) is 9.52 Å². The molecule has 0 heterocycles. The third-order valence-corrected chi connectivity index (χ3v) is 6.53. The van der Waals surface area contributed by atoms with Crippen LogP contribution in [0.25, 0.3) is 0 Å². The molecule has 0 aliphatic heterocycles. The van der Waals surface area contributed by atoms with Gasteiger partial charge < -0.3 is 24.3 Å². The van der Waals surface area contributed by atoms with Gasteiger partial charge >= 0.3 is 0 Å². The molecule has 0 aliphatic rings. The van der Waals surface area contributed by atoms with E-state index < -0.39 is 10.0 Å². The summed E-state index contributed by atoms with van der Waals surface area (Å²) in [5.41, 5.74) is 1.25. The number of methoxy groups -OCH3 is 3. The summed E-state index contributed by atoms with van der Waals surface area (Å²) in [6.45, 7) is 1.61. The molecule has 0 saturated heterocycles. The van der Waals surface area contributed by atoms with E-state index in [1.807, 2.05) is 13.0 Å². The molecule has 3 aromatic rings. The first-order valence-corrected chi connectivity index (χ1v) is 12.1. The van der Waals surface area contributed by atoms with Crippen LogP contribution in [0.15, 0.2) is 71.6 Å². The van der Waals surface area contributed by atoms with Crippen molar-refractivity contribution in [3.63, 3.8) is 0 Å². The van der Waals surface area contributed by atoms with Crippen molar-refractivity contribution in [3.05, 3.63) is 72.3 Å². The van der Waals surface area contributed by atoms with Gasteiger partial charge in [-0.2, -0.15) is 0 Å². The van der Waals surface area contributed by atoms with Crippen molar-refractivity contribution in [2.24, 2.45) is 0 Å². The zero-order valence-electron chi connectivity index (χ0n) is 19.9. The molecule has 2 N–H and O–H groups in total. The maximum Gasteiger partial charge on any atom is 0.261 e. The molecule has 0 aromatic heterocycles. The Labute approximate surface area is 205 Å². The number of carbonyl (C=O) groups excluding carboxylic acids is 1. The van der Waals surface area contributed by atoms with Crippen LogP contribution < -0.4 is 29.0 Å². The lowest BCUT2D eigenvalue weighted by atomic mass is 10.1. The van der Waals surface area contributed by atoms with Gasteiger partial charge in [0.25, 0.3) is 15.9 Å². The highest BCUT2D eigenvalue weighted by Gasteiger charge is 2.16. The highest BCUT2D eigenvalue weighted by molar-refractivity contribution is 7.92. The lowest BCUT2D eigenvalue weighted by Gasteiger charge is -2.17. The maximum atomic E-state index is 12.6. The average Bonchev–Trinajstić information content (AvgIpc) is 2.87. The second kappa shape index (κ2) is 11.5. The predicted octanol–water partition coefficient (Wildman–Crippen LogP) is 3.77. The second-order valence-electron chi connectivity index (χ2n) is 7.50. The van der Waals surface area contributed by atoms with Crippen LogP contribution in [-0.4, -0.2) is 42.3 Å². The van der Waals surface area contributed by atoms with Crippen molar-refractivity contribution in [2.75, 3.05) is 32.7 Å². The highest BCUT2D eigenvalue weighted by atomic mass is 32.2. The van der Waals surface area contributed by atoms with E-state index in [1.165, 1.54) is 31.4 Å². The van der Waals surface area contributed by atoms with Gasteiger partial charge in [-0.05, 0) is 73.2 Å². The fourth-order valence-corrected chi connectivity index (χ4v) is 4.28. The van der Waals surface area contributed by atoms with E-state index in [4.69, 9.17) is 18.9 Å². The zero-order chi connectivity index (χ0) is 25.4. The van der Waals surface area contributed by atoms with Crippen molar-refractivity contribution in [1.82, 2.24) is 5.32 Å². The van der Waals surface area contributed by atoms with E-state index in [9.17, 15) is 13.2 Å². The summed E-state index contributed by atoms with van der Waals surface area (Å²) in [4.78, 5) is 12.4. The number of anilines is 1. The Morgan fingerprint density at radius 2 is 1.46 bits per heavy atom. The third kappa shape index (κ3) is 6.80. The number of sulfonamides is 1. The Kier molecular flexibility index (Phi) is 8.43. The molecule has 0 fully saturated rings. The number of carbonyl (C=O) groups is 1. The normalized spacial score (nSPS) is 11.8. The van der Waals surface area contributed by atoms with Crippen LogP contribution in [0.1, 0.15) is 18.5 Å². The summed E-state index contributed by atoms with van der Waals surface area (Å²) >= 11 is 0. The Balaban J connectivity index is 1.55.